The molecule has 0 bridgehead atoms. The number of hydrogen-bond acceptors (Lipinski definition) is 3. The zero-order chi connectivity index (χ0) is 12.4. The van der Waals surface area contributed by atoms with Crippen LogP contribution < -0.4 is 10.1 Å². The molecule has 3 rings (SSSR count). The minimum absolute atomic E-state index is 0.125. The molecule has 2 aliphatic heterocycles. The molecule has 2 unspecified atom stereocenters. The molecule has 3 heteroatoms. The molecule has 0 saturated carbocycles. The molecule has 98 valence electrons. The van der Waals surface area contributed by atoms with Crippen molar-refractivity contribution in [2.45, 2.75) is 37.8 Å². The minimum atomic E-state index is -0.125. The van der Waals surface area contributed by atoms with Gasteiger partial charge in [-0.25, -0.2) is 0 Å². The molecule has 3 nitrogen and oxygen atoms in total. The second kappa shape index (κ2) is 4.90. The van der Waals surface area contributed by atoms with E-state index in [-0.39, 0.29) is 5.60 Å². The van der Waals surface area contributed by atoms with Crippen molar-refractivity contribution in [2.24, 2.45) is 0 Å². The summed E-state index contributed by atoms with van der Waals surface area (Å²) in [6.45, 7) is 4.79. The Hall–Kier alpha value is -1.06. The summed E-state index contributed by atoms with van der Waals surface area (Å²) in [6.07, 6.45) is 3.13. The molecule has 1 saturated heterocycles. The summed E-state index contributed by atoms with van der Waals surface area (Å²) >= 11 is 0. The smallest absolute Gasteiger partial charge is 0.125 e. The van der Waals surface area contributed by atoms with E-state index < -0.39 is 0 Å². The van der Waals surface area contributed by atoms with Crippen LogP contribution in [0.4, 0.5) is 0 Å². The van der Waals surface area contributed by atoms with Gasteiger partial charge >= 0.3 is 0 Å². The highest BCUT2D eigenvalue weighted by Crippen LogP contribution is 2.45. The second-order valence-electron chi connectivity index (χ2n) is 5.18. The number of rotatable bonds is 2. The molecule has 18 heavy (non-hydrogen) atoms. The molecule has 0 aromatic heterocycles. The third kappa shape index (κ3) is 2.02. The first kappa shape index (κ1) is 12.0. The largest absolute Gasteiger partial charge is 0.493 e. The summed E-state index contributed by atoms with van der Waals surface area (Å²) in [5.74, 6) is 1.00. The first-order chi connectivity index (χ1) is 8.84. The first-order valence-electron chi connectivity index (χ1n) is 6.94. The van der Waals surface area contributed by atoms with E-state index in [0.29, 0.717) is 6.04 Å². The molecule has 2 aliphatic rings. The first-order valence-corrected chi connectivity index (χ1v) is 6.94. The van der Waals surface area contributed by atoms with Crippen molar-refractivity contribution in [3.8, 4) is 5.75 Å². The van der Waals surface area contributed by atoms with Crippen LogP contribution in [-0.4, -0.2) is 25.8 Å². The third-order valence-corrected chi connectivity index (χ3v) is 4.05. The number of hydrogen-bond donors (Lipinski definition) is 1. The standard InChI is InChI=1S/C15H21NO2/c1-2-16-12-7-9-18-15(11-12)8-10-17-14-6-4-3-5-13(14)15/h3-6,12,16H,2,7-11H2,1H3. The molecule has 0 radical (unpaired) electrons. The van der Waals surface area contributed by atoms with E-state index in [4.69, 9.17) is 9.47 Å². The quantitative estimate of drug-likeness (QED) is 0.870. The van der Waals surface area contributed by atoms with E-state index in [1.54, 1.807) is 0 Å². The van der Waals surface area contributed by atoms with Crippen LogP contribution in [0.3, 0.4) is 0 Å². The summed E-state index contributed by atoms with van der Waals surface area (Å²) in [6, 6.07) is 8.88. The highest BCUT2D eigenvalue weighted by atomic mass is 16.5. The Bertz CT molecular complexity index is 419. The van der Waals surface area contributed by atoms with E-state index in [2.05, 4.69) is 30.4 Å². The lowest BCUT2D eigenvalue weighted by Crippen LogP contribution is -2.47. The van der Waals surface area contributed by atoms with Crippen molar-refractivity contribution >= 4 is 0 Å². The number of nitrogens with one attached hydrogen (secondary N) is 1. The fraction of sp³-hybridized carbons (Fsp3) is 0.600. The van der Waals surface area contributed by atoms with E-state index >= 15 is 0 Å². The van der Waals surface area contributed by atoms with E-state index in [1.807, 2.05) is 6.07 Å². The molecule has 1 N–H and O–H groups in total. The van der Waals surface area contributed by atoms with Gasteiger partial charge in [-0.2, -0.15) is 0 Å². The highest BCUT2D eigenvalue weighted by molar-refractivity contribution is 5.40. The maximum atomic E-state index is 6.19. The SMILES string of the molecule is CCNC1CCOC2(CCOc3ccccc32)C1. The predicted octanol–water partition coefficient (Wildman–Crippen LogP) is 2.45. The summed E-state index contributed by atoms with van der Waals surface area (Å²) in [5.41, 5.74) is 1.11. The lowest BCUT2D eigenvalue weighted by Gasteiger charge is -2.44. The molecule has 1 spiro atoms. The van der Waals surface area contributed by atoms with Crippen LogP contribution >= 0.6 is 0 Å². The summed E-state index contributed by atoms with van der Waals surface area (Å²) < 4.78 is 11.9. The summed E-state index contributed by atoms with van der Waals surface area (Å²) in [7, 11) is 0. The maximum Gasteiger partial charge on any atom is 0.125 e. The number of para-hydroxylation sites is 1. The molecule has 1 aromatic carbocycles. The Balaban J connectivity index is 1.90. The van der Waals surface area contributed by atoms with Gasteiger partial charge in [0.25, 0.3) is 0 Å². The zero-order valence-electron chi connectivity index (χ0n) is 10.9. The van der Waals surface area contributed by atoms with Crippen molar-refractivity contribution in [1.82, 2.24) is 5.32 Å². The van der Waals surface area contributed by atoms with Crippen molar-refractivity contribution in [3.05, 3.63) is 29.8 Å². The van der Waals surface area contributed by atoms with E-state index in [1.165, 1.54) is 5.56 Å². The molecular formula is C15H21NO2. The lowest BCUT2D eigenvalue weighted by molar-refractivity contribution is -0.113. The fourth-order valence-electron chi connectivity index (χ4n) is 3.21. The summed E-state index contributed by atoms with van der Waals surface area (Å²) in [4.78, 5) is 0. The van der Waals surface area contributed by atoms with Gasteiger partial charge in [0, 0.05) is 24.6 Å². The molecule has 0 amide bonds. The molecule has 0 aliphatic carbocycles. The average molecular weight is 247 g/mol. The molecule has 1 aromatic rings. The third-order valence-electron chi connectivity index (χ3n) is 4.05. The topological polar surface area (TPSA) is 30.5 Å². The number of benzene rings is 1. The number of ether oxygens (including phenoxy) is 2. The molecule has 2 atom stereocenters. The minimum Gasteiger partial charge on any atom is -0.493 e. The zero-order valence-corrected chi connectivity index (χ0v) is 10.9. The van der Waals surface area contributed by atoms with Crippen molar-refractivity contribution < 1.29 is 9.47 Å². The van der Waals surface area contributed by atoms with Gasteiger partial charge < -0.3 is 14.8 Å². The van der Waals surface area contributed by atoms with Crippen LogP contribution in [0.5, 0.6) is 5.75 Å². The van der Waals surface area contributed by atoms with Crippen molar-refractivity contribution in [1.29, 1.82) is 0 Å². The van der Waals surface area contributed by atoms with Crippen molar-refractivity contribution in [3.63, 3.8) is 0 Å². The highest BCUT2D eigenvalue weighted by Gasteiger charge is 2.42. The van der Waals surface area contributed by atoms with E-state index in [9.17, 15) is 0 Å². The van der Waals surface area contributed by atoms with Crippen LogP contribution in [0.2, 0.25) is 0 Å². The van der Waals surface area contributed by atoms with Gasteiger partial charge in [-0.3, -0.25) is 0 Å². The maximum absolute atomic E-state index is 6.19. The van der Waals surface area contributed by atoms with Gasteiger partial charge in [0.05, 0.1) is 6.61 Å². The van der Waals surface area contributed by atoms with Crippen LogP contribution in [0.1, 0.15) is 31.7 Å². The lowest BCUT2D eigenvalue weighted by atomic mass is 9.80. The van der Waals surface area contributed by atoms with Crippen LogP contribution in [0, 0.1) is 0 Å². The van der Waals surface area contributed by atoms with Crippen LogP contribution in [-0.2, 0) is 10.3 Å². The van der Waals surface area contributed by atoms with Gasteiger partial charge in [0.1, 0.15) is 11.4 Å². The number of fused-ring (bicyclic) bond motifs is 2. The Labute approximate surface area is 108 Å². The monoisotopic (exact) mass is 247 g/mol. The molecular weight excluding hydrogens is 226 g/mol. The summed E-state index contributed by atoms with van der Waals surface area (Å²) in [5, 5.41) is 3.57. The molecule has 2 heterocycles. The van der Waals surface area contributed by atoms with E-state index in [0.717, 1.165) is 44.8 Å². The van der Waals surface area contributed by atoms with Gasteiger partial charge in [-0.15, -0.1) is 0 Å². The van der Waals surface area contributed by atoms with Crippen LogP contribution in [0.25, 0.3) is 0 Å². The second-order valence-corrected chi connectivity index (χ2v) is 5.18. The molecule has 1 fully saturated rings. The average Bonchev–Trinajstić information content (AvgIpc) is 2.40. The van der Waals surface area contributed by atoms with Gasteiger partial charge in [-0.05, 0) is 25.5 Å². The fourth-order valence-corrected chi connectivity index (χ4v) is 3.21. The van der Waals surface area contributed by atoms with Crippen LogP contribution in [0.15, 0.2) is 24.3 Å². The Kier molecular flexibility index (Phi) is 3.27. The Morgan fingerprint density at radius 1 is 1.33 bits per heavy atom. The normalized spacial score (nSPS) is 30.8. The Morgan fingerprint density at radius 3 is 3.11 bits per heavy atom. The van der Waals surface area contributed by atoms with Gasteiger partial charge in [0.15, 0.2) is 0 Å². The Morgan fingerprint density at radius 2 is 2.22 bits per heavy atom. The van der Waals surface area contributed by atoms with Crippen molar-refractivity contribution in [2.75, 3.05) is 19.8 Å². The predicted molar refractivity (Wildman–Crippen MR) is 70.9 cm³/mol. The van der Waals surface area contributed by atoms with Gasteiger partial charge in [0.2, 0.25) is 0 Å². The van der Waals surface area contributed by atoms with Gasteiger partial charge in [-0.1, -0.05) is 25.1 Å².